The fourth-order valence-corrected chi connectivity index (χ4v) is 3.77. The molecule has 6 heteroatoms. The van der Waals surface area contributed by atoms with Crippen LogP contribution in [0.3, 0.4) is 0 Å². The third-order valence-corrected chi connectivity index (χ3v) is 5.62. The van der Waals surface area contributed by atoms with E-state index in [-0.39, 0.29) is 18.2 Å². The molecule has 2 aromatic rings. The number of hydrogen-bond donors (Lipinski definition) is 2. The summed E-state index contributed by atoms with van der Waals surface area (Å²) in [4.78, 5) is 16.4. The fourth-order valence-electron chi connectivity index (χ4n) is 3.77. The molecule has 28 heavy (non-hydrogen) atoms. The van der Waals surface area contributed by atoms with Crippen molar-refractivity contribution >= 4 is 5.91 Å². The molecule has 1 heterocycles. The molecular weight excluding hydrogens is 356 g/mol. The van der Waals surface area contributed by atoms with Gasteiger partial charge in [0.1, 0.15) is 5.75 Å². The Bertz CT molecular complexity index is 761. The number of benzene rings is 1. The molecule has 2 N–H and O–H groups in total. The molecule has 0 spiro atoms. The maximum Gasteiger partial charge on any atom is 0.220 e. The van der Waals surface area contributed by atoms with E-state index in [1.807, 2.05) is 31.2 Å². The van der Waals surface area contributed by atoms with Crippen LogP contribution >= 0.6 is 0 Å². The average Bonchev–Trinajstić information content (AvgIpc) is 3.20. The Labute approximate surface area is 166 Å². The molecule has 0 saturated heterocycles. The first-order chi connectivity index (χ1) is 13.5. The fraction of sp³-hybridized carbons (Fsp3) is 0.545. The van der Waals surface area contributed by atoms with Crippen LogP contribution < -0.4 is 10.1 Å². The number of amides is 1. The molecule has 0 aliphatic heterocycles. The van der Waals surface area contributed by atoms with Gasteiger partial charge in [0.2, 0.25) is 5.91 Å². The summed E-state index contributed by atoms with van der Waals surface area (Å²) in [7, 11) is 1.63. The molecule has 1 aliphatic rings. The van der Waals surface area contributed by atoms with Crippen LogP contribution in [-0.4, -0.2) is 35.3 Å². The lowest BCUT2D eigenvalue weighted by atomic mass is 9.78. The molecule has 3 rings (SSSR count). The minimum Gasteiger partial charge on any atom is -0.497 e. The summed E-state index contributed by atoms with van der Waals surface area (Å²) in [6, 6.07) is 7.54. The molecule has 1 atom stereocenters. The first-order valence-corrected chi connectivity index (χ1v) is 10.1. The summed E-state index contributed by atoms with van der Waals surface area (Å²) in [6.07, 6.45) is 8.01. The van der Waals surface area contributed by atoms with Gasteiger partial charge in [0, 0.05) is 24.9 Å². The maximum absolute atomic E-state index is 12.2. The average molecular weight is 386 g/mol. The van der Waals surface area contributed by atoms with E-state index >= 15 is 0 Å². The van der Waals surface area contributed by atoms with Gasteiger partial charge in [-0.05, 0) is 49.9 Å². The largest absolute Gasteiger partial charge is 0.497 e. The van der Waals surface area contributed by atoms with E-state index in [0.29, 0.717) is 24.6 Å². The number of hydrogen-bond acceptors (Lipinski definition) is 5. The predicted octanol–water partition coefficient (Wildman–Crippen LogP) is 3.73. The zero-order valence-corrected chi connectivity index (χ0v) is 16.7. The highest BCUT2D eigenvalue weighted by Gasteiger charge is 2.32. The normalized spacial score (nSPS) is 17.1. The number of rotatable bonds is 8. The van der Waals surface area contributed by atoms with E-state index < -0.39 is 5.60 Å². The van der Waals surface area contributed by atoms with Gasteiger partial charge in [-0.3, -0.25) is 4.79 Å². The van der Waals surface area contributed by atoms with Crippen molar-refractivity contribution in [2.75, 3.05) is 13.7 Å². The molecule has 1 fully saturated rings. The molecule has 152 valence electrons. The highest BCUT2D eigenvalue weighted by Crippen LogP contribution is 2.32. The lowest BCUT2D eigenvalue weighted by molar-refractivity contribution is -0.123. The number of aromatic nitrogens is 1. The van der Waals surface area contributed by atoms with E-state index in [1.54, 1.807) is 13.3 Å². The van der Waals surface area contributed by atoms with Crippen molar-refractivity contribution in [3.8, 4) is 17.1 Å². The van der Waals surface area contributed by atoms with Gasteiger partial charge >= 0.3 is 0 Å². The SMILES string of the molecule is COc1ccc(-c2cnc(CCC(=O)NC[C@](C)(O)C3CCCCC3)o2)cc1. The van der Waals surface area contributed by atoms with Crippen molar-refractivity contribution in [3.05, 3.63) is 36.4 Å². The van der Waals surface area contributed by atoms with Crippen LogP contribution in [-0.2, 0) is 11.2 Å². The van der Waals surface area contributed by atoms with Gasteiger partial charge in [0.05, 0.1) is 18.9 Å². The molecule has 1 aliphatic carbocycles. The highest BCUT2D eigenvalue weighted by atomic mass is 16.5. The summed E-state index contributed by atoms with van der Waals surface area (Å²) in [5.41, 5.74) is 0.0631. The first-order valence-electron chi connectivity index (χ1n) is 10.1. The Morgan fingerprint density at radius 1 is 1.29 bits per heavy atom. The third kappa shape index (κ3) is 5.35. The second-order valence-corrected chi connectivity index (χ2v) is 7.82. The van der Waals surface area contributed by atoms with Crippen LogP contribution in [0.25, 0.3) is 11.3 Å². The highest BCUT2D eigenvalue weighted by molar-refractivity contribution is 5.76. The second-order valence-electron chi connectivity index (χ2n) is 7.82. The number of nitrogens with one attached hydrogen (secondary N) is 1. The Morgan fingerprint density at radius 3 is 2.68 bits per heavy atom. The number of aliphatic hydroxyl groups is 1. The van der Waals surface area contributed by atoms with Crippen molar-refractivity contribution < 1.29 is 19.1 Å². The number of methoxy groups -OCH3 is 1. The molecule has 0 radical (unpaired) electrons. The first kappa shape index (κ1) is 20.4. The van der Waals surface area contributed by atoms with Gasteiger partial charge in [0.25, 0.3) is 0 Å². The van der Waals surface area contributed by atoms with Crippen molar-refractivity contribution in [1.29, 1.82) is 0 Å². The van der Waals surface area contributed by atoms with Crippen LogP contribution in [0.2, 0.25) is 0 Å². The Kier molecular flexibility index (Phi) is 6.73. The Morgan fingerprint density at radius 2 is 2.00 bits per heavy atom. The molecule has 0 unspecified atom stereocenters. The standard InChI is InChI=1S/C22H30N2O4/c1-22(26,17-6-4-3-5-7-17)15-24-20(25)12-13-21-23-14-19(28-21)16-8-10-18(27-2)11-9-16/h8-11,14,17,26H,3-7,12-13,15H2,1-2H3,(H,24,25)/t22-/m0/s1. The minimum atomic E-state index is -0.847. The van der Waals surface area contributed by atoms with E-state index in [0.717, 1.165) is 37.0 Å². The summed E-state index contributed by atoms with van der Waals surface area (Å²) < 4.78 is 10.9. The van der Waals surface area contributed by atoms with Crippen molar-refractivity contribution in [2.45, 2.75) is 57.5 Å². The van der Waals surface area contributed by atoms with Gasteiger partial charge in [-0.2, -0.15) is 0 Å². The molecule has 1 aromatic carbocycles. The van der Waals surface area contributed by atoms with Crippen LogP contribution in [0.1, 0.15) is 51.3 Å². The number of nitrogens with zero attached hydrogens (tertiary/aromatic N) is 1. The van der Waals surface area contributed by atoms with Gasteiger partial charge < -0.3 is 19.6 Å². The maximum atomic E-state index is 12.2. The quantitative estimate of drug-likeness (QED) is 0.722. The minimum absolute atomic E-state index is 0.0970. The van der Waals surface area contributed by atoms with E-state index in [9.17, 15) is 9.90 Å². The van der Waals surface area contributed by atoms with Gasteiger partial charge in [-0.25, -0.2) is 4.98 Å². The molecule has 0 bridgehead atoms. The van der Waals surface area contributed by atoms with Crippen molar-refractivity contribution in [2.24, 2.45) is 5.92 Å². The number of carbonyl (C=O) groups excluding carboxylic acids is 1. The molecular formula is C22H30N2O4. The van der Waals surface area contributed by atoms with E-state index in [1.165, 1.54) is 6.42 Å². The lowest BCUT2D eigenvalue weighted by Crippen LogP contribution is -2.46. The molecule has 6 nitrogen and oxygen atoms in total. The summed E-state index contributed by atoms with van der Waals surface area (Å²) in [5, 5.41) is 13.6. The Hall–Kier alpha value is -2.34. The topological polar surface area (TPSA) is 84.6 Å². The number of ether oxygens (including phenoxy) is 1. The van der Waals surface area contributed by atoms with E-state index in [4.69, 9.17) is 9.15 Å². The lowest BCUT2D eigenvalue weighted by Gasteiger charge is -2.35. The molecule has 1 saturated carbocycles. The predicted molar refractivity (Wildman–Crippen MR) is 107 cm³/mol. The van der Waals surface area contributed by atoms with Gasteiger partial charge in [-0.1, -0.05) is 19.3 Å². The molecule has 1 amide bonds. The van der Waals surface area contributed by atoms with Gasteiger partial charge in [0.15, 0.2) is 11.7 Å². The Balaban J connectivity index is 1.46. The third-order valence-electron chi connectivity index (χ3n) is 5.62. The molecule has 1 aromatic heterocycles. The van der Waals surface area contributed by atoms with Crippen molar-refractivity contribution in [3.63, 3.8) is 0 Å². The number of carbonyl (C=O) groups is 1. The zero-order chi connectivity index (χ0) is 20.0. The number of oxazole rings is 1. The number of aryl methyl sites for hydroxylation is 1. The van der Waals surface area contributed by atoms with E-state index in [2.05, 4.69) is 10.3 Å². The summed E-state index contributed by atoms with van der Waals surface area (Å²) in [6.45, 7) is 2.12. The summed E-state index contributed by atoms with van der Waals surface area (Å²) >= 11 is 0. The summed E-state index contributed by atoms with van der Waals surface area (Å²) in [5.74, 6) is 2.14. The monoisotopic (exact) mass is 386 g/mol. The smallest absolute Gasteiger partial charge is 0.220 e. The van der Waals surface area contributed by atoms with Crippen LogP contribution in [0.15, 0.2) is 34.9 Å². The van der Waals surface area contributed by atoms with Crippen LogP contribution in [0.5, 0.6) is 5.75 Å². The van der Waals surface area contributed by atoms with Crippen LogP contribution in [0, 0.1) is 5.92 Å². The van der Waals surface area contributed by atoms with Gasteiger partial charge in [-0.15, -0.1) is 0 Å². The second kappa shape index (κ2) is 9.24. The van der Waals surface area contributed by atoms with Crippen LogP contribution in [0.4, 0.5) is 0 Å². The van der Waals surface area contributed by atoms with Crippen molar-refractivity contribution in [1.82, 2.24) is 10.3 Å². The zero-order valence-electron chi connectivity index (χ0n) is 16.7.